The van der Waals surface area contributed by atoms with E-state index in [0.29, 0.717) is 12.1 Å². The second-order valence-corrected chi connectivity index (χ2v) is 6.66. The molecule has 1 heterocycles. The molecule has 0 saturated heterocycles. The zero-order valence-corrected chi connectivity index (χ0v) is 15.2. The maximum Gasteiger partial charge on any atom is 0.0643 e. The van der Waals surface area contributed by atoms with Crippen molar-refractivity contribution in [1.82, 2.24) is 15.1 Å². The van der Waals surface area contributed by atoms with Crippen LogP contribution in [0.3, 0.4) is 0 Å². The topological polar surface area (TPSA) is 29.9 Å². The lowest BCUT2D eigenvalue weighted by molar-refractivity contribution is 0.467. The number of likely N-dealkylation sites (N-methyl/N-ethyl adjacent to an activating group) is 1. The van der Waals surface area contributed by atoms with Crippen molar-refractivity contribution in [3.63, 3.8) is 0 Å². The zero-order chi connectivity index (χ0) is 15.2. The van der Waals surface area contributed by atoms with Crippen LogP contribution in [0.25, 0.3) is 0 Å². The standard InChI is InChI=1S/C17H24IN3/c1-4-13(3)21-10-9-16(20-21)12-17(19-5-2)14-7-6-8-15(18)11-14/h6-11,13,17,19H,4-5,12H2,1-3H3. The molecule has 2 atom stereocenters. The van der Waals surface area contributed by atoms with Crippen molar-refractivity contribution < 1.29 is 0 Å². The van der Waals surface area contributed by atoms with E-state index in [9.17, 15) is 0 Å². The normalized spacial score (nSPS) is 14.1. The van der Waals surface area contributed by atoms with Gasteiger partial charge in [0.05, 0.1) is 5.69 Å². The van der Waals surface area contributed by atoms with Gasteiger partial charge in [0.2, 0.25) is 0 Å². The summed E-state index contributed by atoms with van der Waals surface area (Å²) >= 11 is 2.37. The monoisotopic (exact) mass is 397 g/mol. The van der Waals surface area contributed by atoms with E-state index in [1.165, 1.54) is 9.13 Å². The van der Waals surface area contributed by atoms with E-state index >= 15 is 0 Å². The predicted octanol–water partition coefficient (Wildman–Crippen LogP) is 4.35. The molecule has 1 N–H and O–H groups in total. The summed E-state index contributed by atoms with van der Waals surface area (Å²) in [6.07, 6.45) is 4.13. The minimum Gasteiger partial charge on any atom is -0.310 e. The molecule has 2 rings (SSSR count). The number of aromatic nitrogens is 2. The minimum absolute atomic E-state index is 0.324. The average Bonchev–Trinajstić information content (AvgIpc) is 2.94. The molecule has 1 aromatic carbocycles. The molecule has 2 unspecified atom stereocenters. The van der Waals surface area contributed by atoms with Crippen molar-refractivity contribution in [2.75, 3.05) is 6.54 Å². The molecule has 1 aromatic heterocycles. The Morgan fingerprint density at radius 2 is 2.10 bits per heavy atom. The van der Waals surface area contributed by atoms with E-state index < -0.39 is 0 Å². The first-order chi connectivity index (χ1) is 10.1. The van der Waals surface area contributed by atoms with Gasteiger partial charge in [0.15, 0.2) is 0 Å². The highest BCUT2D eigenvalue weighted by Gasteiger charge is 2.14. The van der Waals surface area contributed by atoms with Crippen LogP contribution in [0.5, 0.6) is 0 Å². The number of benzene rings is 1. The number of hydrogen-bond donors (Lipinski definition) is 1. The Morgan fingerprint density at radius 3 is 2.76 bits per heavy atom. The van der Waals surface area contributed by atoms with E-state index in [1.54, 1.807) is 0 Å². The summed E-state index contributed by atoms with van der Waals surface area (Å²) in [6, 6.07) is 11.6. The third-order valence-corrected chi connectivity index (χ3v) is 4.49. The van der Waals surface area contributed by atoms with Gasteiger partial charge in [-0.2, -0.15) is 5.10 Å². The Labute approximate surface area is 141 Å². The molecule has 0 saturated carbocycles. The largest absolute Gasteiger partial charge is 0.310 e. The Bertz CT molecular complexity index is 565. The highest BCUT2D eigenvalue weighted by molar-refractivity contribution is 14.1. The van der Waals surface area contributed by atoms with Gasteiger partial charge in [-0.05, 0) is 66.2 Å². The van der Waals surface area contributed by atoms with E-state index in [4.69, 9.17) is 5.10 Å². The van der Waals surface area contributed by atoms with Crippen molar-refractivity contribution in [3.8, 4) is 0 Å². The van der Waals surface area contributed by atoms with Gasteiger partial charge in [0, 0.05) is 28.3 Å². The first-order valence-corrected chi connectivity index (χ1v) is 8.74. The second-order valence-electron chi connectivity index (χ2n) is 5.41. The van der Waals surface area contributed by atoms with E-state index in [1.807, 2.05) is 0 Å². The van der Waals surface area contributed by atoms with Gasteiger partial charge >= 0.3 is 0 Å². The molecule has 0 aliphatic carbocycles. The highest BCUT2D eigenvalue weighted by atomic mass is 127. The Hall–Kier alpha value is -0.880. The van der Waals surface area contributed by atoms with E-state index in [-0.39, 0.29) is 0 Å². The van der Waals surface area contributed by atoms with Crippen LogP contribution in [0, 0.1) is 3.57 Å². The third-order valence-electron chi connectivity index (χ3n) is 3.82. The van der Waals surface area contributed by atoms with Gasteiger partial charge in [-0.1, -0.05) is 26.0 Å². The van der Waals surface area contributed by atoms with Crippen molar-refractivity contribution >= 4 is 22.6 Å². The van der Waals surface area contributed by atoms with Gasteiger partial charge in [0.1, 0.15) is 0 Å². The van der Waals surface area contributed by atoms with Gasteiger partial charge in [-0.25, -0.2) is 0 Å². The van der Waals surface area contributed by atoms with Gasteiger partial charge in [-0.15, -0.1) is 0 Å². The zero-order valence-electron chi connectivity index (χ0n) is 13.0. The molecular weight excluding hydrogens is 373 g/mol. The van der Waals surface area contributed by atoms with Crippen LogP contribution in [-0.2, 0) is 6.42 Å². The lowest BCUT2D eigenvalue weighted by Crippen LogP contribution is -2.23. The van der Waals surface area contributed by atoms with Crippen molar-refractivity contribution in [2.24, 2.45) is 0 Å². The second kappa shape index (κ2) is 7.94. The molecule has 0 bridgehead atoms. The van der Waals surface area contributed by atoms with Crippen LogP contribution in [0.2, 0.25) is 0 Å². The van der Waals surface area contributed by atoms with Crippen LogP contribution in [0.1, 0.15) is 50.5 Å². The highest BCUT2D eigenvalue weighted by Crippen LogP contribution is 2.20. The number of rotatable bonds is 7. The number of nitrogens with one attached hydrogen (secondary N) is 1. The summed E-state index contributed by atoms with van der Waals surface area (Å²) in [5.74, 6) is 0. The van der Waals surface area contributed by atoms with Gasteiger partial charge < -0.3 is 5.32 Å². The van der Waals surface area contributed by atoms with Gasteiger partial charge in [0.25, 0.3) is 0 Å². The molecule has 0 aliphatic rings. The fourth-order valence-corrected chi connectivity index (χ4v) is 2.97. The molecule has 0 aliphatic heterocycles. The Kier molecular flexibility index (Phi) is 6.23. The van der Waals surface area contributed by atoms with Crippen LogP contribution in [-0.4, -0.2) is 16.3 Å². The SMILES string of the molecule is CCNC(Cc1ccn(C(C)CC)n1)c1cccc(I)c1. The summed E-state index contributed by atoms with van der Waals surface area (Å²) in [4.78, 5) is 0. The smallest absolute Gasteiger partial charge is 0.0643 e. The maximum absolute atomic E-state index is 4.73. The van der Waals surface area contributed by atoms with E-state index in [2.05, 4.69) is 89.9 Å². The van der Waals surface area contributed by atoms with Crippen LogP contribution >= 0.6 is 22.6 Å². The summed E-state index contributed by atoms with van der Waals surface area (Å²) in [5, 5.41) is 8.30. The lowest BCUT2D eigenvalue weighted by atomic mass is 10.0. The fourth-order valence-electron chi connectivity index (χ4n) is 2.41. The molecular formula is C17H24IN3. The van der Waals surface area contributed by atoms with Gasteiger partial charge in [-0.3, -0.25) is 4.68 Å². The van der Waals surface area contributed by atoms with Crippen LogP contribution < -0.4 is 5.32 Å². The predicted molar refractivity (Wildman–Crippen MR) is 96.5 cm³/mol. The first-order valence-electron chi connectivity index (χ1n) is 7.66. The average molecular weight is 397 g/mol. The van der Waals surface area contributed by atoms with Crippen molar-refractivity contribution in [1.29, 1.82) is 0 Å². The molecule has 3 nitrogen and oxygen atoms in total. The molecule has 0 amide bonds. The lowest BCUT2D eigenvalue weighted by Gasteiger charge is -2.18. The van der Waals surface area contributed by atoms with E-state index in [0.717, 1.165) is 25.1 Å². The van der Waals surface area contributed by atoms with Crippen LogP contribution in [0.4, 0.5) is 0 Å². The molecule has 2 aromatic rings. The summed E-state index contributed by atoms with van der Waals surface area (Å²) in [5.41, 5.74) is 2.49. The van der Waals surface area contributed by atoms with Crippen molar-refractivity contribution in [3.05, 3.63) is 51.4 Å². The fraction of sp³-hybridized carbons (Fsp3) is 0.471. The molecule has 0 spiro atoms. The molecule has 0 fully saturated rings. The quantitative estimate of drug-likeness (QED) is 0.704. The minimum atomic E-state index is 0.324. The summed E-state index contributed by atoms with van der Waals surface area (Å²) < 4.78 is 3.35. The van der Waals surface area contributed by atoms with Crippen LogP contribution in [0.15, 0.2) is 36.5 Å². The van der Waals surface area contributed by atoms with Crippen molar-refractivity contribution in [2.45, 2.75) is 45.7 Å². The third kappa shape index (κ3) is 4.54. The molecule has 0 radical (unpaired) electrons. The summed E-state index contributed by atoms with van der Waals surface area (Å²) in [7, 11) is 0. The Balaban J connectivity index is 2.14. The number of nitrogens with zero attached hydrogens (tertiary/aromatic N) is 2. The Morgan fingerprint density at radius 1 is 1.29 bits per heavy atom. The molecule has 21 heavy (non-hydrogen) atoms. The molecule has 114 valence electrons. The number of hydrogen-bond acceptors (Lipinski definition) is 2. The maximum atomic E-state index is 4.73. The summed E-state index contributed by atoms with van der Waals surface area (Å²) in [6.45, 7) is 7.51. The molecule has 4 heteroatoms. The first kappa shape index (κ1) is 16.5. The number of halogens is 1.